The third kappa shape index (κ3) is 10.3. The first kappa shape index (κ1) is 26.7. The number of rotatable bonds is 12. The Morgan fingerprint density at radius 3 is 2.45 bits per heavy atom. The fourth-order valence-electron chi connectivity index (χ4n) is 3.10. The molecule has 1 fully saturated rings. The SMILES string of the molecule is CC(CNC(CCNC(=O)C(C)C)OC1COC(Cc2ccccc2)CO1)OC(=O)C(=O)O. The van der Waals surface area contributed by atoms with E-state index in [9.17, 15) is 14.4 Å². The first-order valence-electron chi connectivity index (χ1n) is 11.1. The Balaban J connectivity index is 1.82. The molecule has 1 aromatic carbocycles. The highest BCUT2D eigenvalue weighted by Crippen LogP contribution is 2.15. The number of benzene rings is 1. The number of carboxylic acid groups (broad SMARTS) is 1. The molecule has 4 unspecified atom stereocenters. The Morgan fingerprint density at radius 1 is 1.12 bits per heavy atom. The van der Waals surface area contributed by atoms with E-state index in [1.165, 1.54) is 0 Å². The van der Waals surface area contributed by atoms with Crippen molar-refractivity contribution < 1.29 is 38.4 Å². The van der Waals surface area contributed by atoms with Crippen LogP contribution in [0.2, 0.25) is 0 Å². The number of aliphatic carboxylic acids is 1. The van der Waals surface area contributed by atoms with E-state index in [-0.39, 0.29) is 31.1 Å². The van der Waals surface area contributed by atoms with Gasteiger partial charge in [0.15, 0.2) is 6.29 Å². The first-order valence-corrected chi connectivity index (χ1v) is 11.1. The zero-order valence-corrected chi connectivity index (χ0v) is 19.3. The number of nitrogens with one attached hydrogen (secondary N) is 2. The molecule has 0 aromatic heterocycles. The van der Waals surface area contributed by atoms with E-state index in [1.807, 2.05) is 30.3 Å². The lowest BCUT2D eigenvalue weighted by atomic mass is 10.1. The third-order valence-corrected chi connectivity index (χ3v) is 4.90. The van der Waals surface area contributed by atoms with Crippen molar-refractivity contribution in [3.63, 3.8) is 0 Å². The maximum absolute atomic E-state index is 11.8. The van der Waals surface area contributed by atoms with E-state index in [0.29, 0.717) is 19.6 Å². The molecule has 2 rings (SSSR count). The van der Waals surface area contributed by atoms with Gasteiger partial charge in [-0.05, 0) is 12.5 Å². The minimum atomic E-state index is -1.65. The minimum absolute atomic E-state index is 0.0700. The van der Waals surface area contributed by atoms with Crippen LogP contribution in [0.15, 0.2) is 30.3 Å². The van der Waals surface area contributed by atoms with E-state index in [1.54, 1.807) is 20.8 Å². The molecule has 33 heavy (non-hydrogen) atoms. The Kier molecular flexibility index (Phi) is 11.2. The van der Waals surface area contributed by atoms with Crippen LogP contribution >= 0.6 is 0 Å². The smallest absolute Gasteiger partial charge is 0.417 e. The van der Waals surface area contributed by atoms with Crippen molar-refractivity contribution >= 4 is 17.8 Å². The Hall–Kier alpha value is -2.53. The summed E-state index contributed by atoms with van der Waals surface area (Å²) in [6.45, 7) is 6.33. The molecule has 1 aromatic rings. The summed E-state index contributed by atoms with van der Waals surface area (Å²) < 4.78 is 22.5. The third-order valence-electron chi connectivity index (χ3n) is 4.90. The van der Waals surface area contributed by atoms with E-state index in [2.05, 4.69) is 10.6 Å². The van der Waals surface area contributed by atoms with Crippen LogP contribution in [0.25, 0.3) is 0 Å². The molecule has 1 aliphatic heterocycles. The summed E-state index contributed by atoms with van der Waals surface area (Å²) >= 11 is 0. The van der Waals surface area contributed by atoms with Crippen LogP contribution in [0, 0.1) is 5.92 Å². The van der Waals surface area contributed by atoms with E-state index in [4.69, 9.17) is 24.1 Å². The molecule has 0 aliphatic carbocycles. The minimum Gasteiger partial charge on any atom is -0.473 e. The van der Waals surface area contributed by atoms with Crippen molar-refractivity contribution in [2.45, 2.75) is 58.3 Å². The number of carboxylic acids is 1. The number of carbonyl (C=O) groups is 3. The number of hydrogen-bond donors (Lipinski definition) is 3. The van der Waals surface area contributed by atoms with Crippen LogP contribution in [0.4, 0.5) is 0 Å². The number of hydrogen-bond acceptors (Lipinski definition) is 8. The molecule has 0 bridgehead atoms. The molecule has 1 amide bonds. The molecule has 10 nitrogen and oxygen atoms in total. The number of esters is 1. The van der Waals surface area contributed by atoms with Gasteiger partial charge in [-0.25, -0.2) is 9.59 Å². The lowest BCUT2D eigenvalue weighted by Gasteiger charge is -2.32. The topological polar surface area (TPSA) is 132 Å². The fourth-order valence-corrected chi connectivity index (χ4v) is 3.10. The van der Waals surface area contributed by atoms with Gasteiger partial charge >= 0.3 is 11.9 Å². The van der Waals surface area contributed by atoms with Crippen molar-refractivity contribution in [3.8, 4) is 0 Å². The molecule has 4 atom stereocenters. The van der Waals surface area contributed by atoms with Crippen molar-refractivity contribution in [2.24, 2.45) is 5.92 Å². The summed E-state index contributed by atoms with van der Waals surface area (Å²) in [6, 6.07) is 10.00. The first-order chi connectivity index (χ1) is 15.7. The molecule has 184 valence electrons. The van der Waals surface area contributed by atoms with Gasteiger partial charge in [-0.15, -0.1) is 0 Å². The van der Waals surface area contributed by atoms with Crippen molar-refractivity contribution in [1.29, 1.82) is 0 Å². The summed E-state index contributed by atoms with van der Waals surface area (Å²) in [6.07, 6.45) is -0.744. The summed E-state index contributed by atoms with van der Waals surface area (Å²) in [5.41, 5.74) is 1.16. The van der Waals surface area contributed by atoms with Crippen LogP contribution in [0.1, 0.15) is 32.8 Å². The van der Waals surface area contributed by atoms with Gasteiger partial charge in [-0.2, -0.15) is 0 Å². The Bertz CT molecular complexity index is 750. The summed E-state index contributed by atoms with van der Waals surface area (Å²) in [5, 5.41) is 14.6. The lowest BCUT2D eigenvalue weighted by Crippen LogP contribution is -2.46. The summed E-state index contributed by atoms with van der Waals surface area (Å²) in [4.78, 5) is 33.7. The second kappa shape index (κ2) is 13.9. The van der Waals surface area contributed by atoms with Crippen molar-refractivity contribution in [3.05, 3.63) is 35.9 Å². The molecule has 0 spiro atoms. The average molecular weight is 467 g/mol. The fraction of sp³-hybridized carbons (Fsp3) is 0.609. The molecule has 1 saturated heterocycles. The normalized spacial score (nSPS) is 20.1. The van der Waals surface area contributed by atoms with Crippen molar-refractivity contribution in [2.75, 3.05) is 26.3 Å². The van der Waals surface area contributed by atoms with E-state index in [0.717, 1.165) is 12.0 Å². The number of ether oxygens (including phenoxy) is 4. The second-order valence-corrected chi connectivity index (χ2v) is 8.20. The van der Waals surface area contributed by atoms with Crippen LogP contribution in [0.5, 0.6) is 0 Å². The zero-order valence-electron chi connectivity index (χ0n) is 19.3. The van der Waals surface area contributed by atoms with Gasteiger partial charge < -0.3 is 29.4 Å². The number of carbonyl (C=O) groups excluding carboxylic acids is 2. The zero-order chi connectivity index (χ0) is 24.2. The van der Waals surface area contributed by atoms with Crippen molar-refractivity contribution in [1.82, 2.24) is 10.6 Å². The molecule has 0 radical (unpaired) electrons. The largest absolute Gasteiger partial charge is 0.473 e. The quantitative estimate of drug-likeness (QED) is 0.235. The van der Waals surface area contributed by atoms with Crippen LogP contribution < -0.4 is 10.6 Å². The molecular formula is C23H34N2O8. The second-order valence-electron chi connectivity index (χ2n) is 8.20. The van der Waals surface area contributed by atoms with Gasteiger partial charge in [0, 0.05) is 31.8 Å². The summed E-state index contributed by atoms with van der Waals surface area (Å²) in [5.74, 6) is -3.17. The standard InChI is InChI=1S/C23H34N2O8/c1-15(2)21(26)24-10-9-19(25-12-16(3)32-23(29)22(27)28)33-20-14-30-18(13-31-20)11-17-7-5-4-6-8-17/h4-8,15-16,18-20,25H,9-14H2,1-3H3,(H,24,26)(H,27,28). The molecule has 1 heterocycles. The monoisotopic (exact) mass is 466 g/mol. The van der Waals surface area contributed by atoms with Gasteiger partial charge in [0.05, 0.1) is 19.3 Å². The maximum atomic E-state index is 11.8. The summed E-state index contributed by atoms with van der Waals surface area (Å²) in [7, 11) is 0. The molecule has 0 saturated carbocycles. The highest BCUT2D eigenvalue weighted by molar-refractivity contribution is 6.28. The van der Waals surface area contributed by atoms with Gasteiger partial charge in [0.2, 0.25) is 5.91 Å². The molecule has 10 heteroatoms. The Labute approximate surface area is 193 Å². The average Bonchev–Trinajstić information content (AvgIpc) is 2.79. The highest BCUT2D eigenvalue weighted by atomic mass is 16.7. The molecule has 1 aliphatic rings. The lowest BCUT2D eigenvalue weighted by molar-refractivity contribution is -0.254. The molecular weight excluding hydrogens is 432 g/mol. The van der Waals surface area contributed by atoms with E-state index < -0.39 is 30.6 Å². The van der Waals surface area contributed by atoms with Gasteiger partial charge in [0.25, 0.3) is 0 Å². The van der Waals surface area contributed by atoms with E-state index >= 15 is 0 Å². The Morgan fingerprint density at radius 2 is 1.85 bits per heavy atom. The molecule has 3 N–H and O–H groups in total. The predicted molar refractivity (Wildman–Crippen MR) is 118 cm³/mol. The maximum Gasteiger partial charge on any atom is 0.417 e. The highest BCUT2D eigenvalue weighted by Gasteiger charge is 2.26. The predicted octanol–water partition coefficient (Wildman–Crippen LogP) is 1.08. The van der Waals surface area contributed by atoms with Gasteiger partial charge in [-0.3, -0.25) is 10.1 Å². The van der Waals surface area contributed by atoms with Crippen LogP contribution in [-0.4, -0.2) is 74.0 Å². The van der Waals surface area contributed by atoms with Crippen LogP contribution in [-0.2, 0) is 39.8 Å². The van der Waals surface area contributed by atoms with Gasteiger partial charge in [-0.1, -0.05) is 44.2 Å². The van der Waals surface area contributed by atoms with Crippen LogP contribution in [0.3, 0.4) is 0 Å². The number of amides is 1. The van der Waals surface area contributed by atoms with Gasteiger partial charge in [0.1, 0.15) is 12.3 Å².